The highest BCUT2D eigenvalue weighted by atomic mass is 19.4. The number of fused-ring (bicyclic) bond motifs is 2. The second-order valence-corrected chi connectivity index (χ2v) is 12.3. The third-order valence-corrected chi connectivity index (χ3v) is 8.28. The molecule has 54 heavy (non-hydrogen) atoms. The highest BCUT2D eigenvalue weighted by molar-refractivity contribution is 5.99. The molecule has 20 heteroatoms. The van der Waals surface area contributed by atoms with E-state index in [0.29, 0.717) is 0 Å². The standard InChI is InChI=1S/C20H17F4N5O2.C14H7F4N3O2/c1-19(2)18(31)25-7-8-28(19)17(30)15-10-29-16(26-15)13(20(22,23)24)9-14(27-29)11-3-5-12(21)6-4-11;15-8-3-1-7(2-4-8)10-5-9(14(16,17)18)12-19-11(13(22)23)6-21(12)20-10/h3-6,9-10H,7-8H2,1-2H3,(H,25,31);1-6H,(H,22,23). The molecule has 12 nitrogen and oxygen atoms in total. The van der Waals surface area contributed by atoms with Gasteiger partial charge in [0.15, 0.2) is 17.0 Å². The van der Waals surface area contributed by atoms with Crippen molar-refractivity contribution in [2.75, 3.05) is 13.1 Å². The van der Waals surface area contributed by atoms with Gasteiger partial charge in [0.2, 0.25) is 5.91 Å². The van der Waals surface area contributed by atoms with Crippen molar-refractivity contribution in [2.24, 2.45) is 0 Å². The SMILES string of the molecule is CC1(C)C(=O)NCCN1C(=O)c1cn2nc(-c3ccc(F)cc3)cc(C(F)(F)F)c2n1.O=C(O)c1cn2nc(-c3ccc(F)cc3)cc(C(F)(F)F)c2n1. The Morgan fingerprint density at radius 2 is 1.17 bits per heavy atom. The first-order valence-electron chi connectivity index (χ1n) is 15.5. The predicted molar refractivity (Wildman–Crippen MR) is 172 cm³/mol. The van der Waals surface area contributed by atoms with E-state index >= 15 is 0 Å². The van der Waals surface area contributed by atoms with Crippen molar-refractivity contribution in [3.05, 3.63) is 107 Å². The van der Waals surface area contributed by atoms with E-state index in [2.05, 4.69) is 25.5 Å². The molecule has 0 bridgehead atoms. The van der Waals surface area contributed by atoms with Crippen LogP contribution in [0.5, 0.6) is 0 Å². The molecule has 1 aliphatic heterocycles. The first-order chi connectivity index (χ1) is 25.2. The summed E-state index contributed by atoms with van der Waals surface area (Å²) in [7, 11) is 0. The maximum atomic E-state index is 13.7. The lowest BCUT2D eigenvalue weighted by molar-refractivity contribution is -0.137. The van der Waals surface area contributed by atoms with Crippen molar-refractivity contribution in [2.45, 2.75) is 31.7 Å². The number of amides is 2. The van der Waals surface area contributed by atoms with E-state index in [9.17, 15) is 49.5 Å². The molecular formula is C34H24F8N8O4. The summed E-state index contributed by atoms with van der Waals surface area (Å²) in [6, 6.07) is 11.1. The molecule has 2 amide bonds. The molecule has 6 aromatic rings. The number of hydrogen-bond acceptors (Lipinski definition) is 7. The van der Waals surface area contributed by atoms with E-state index in [1.807, 2.05) is 0 Å². The van der Waals surface area contributed by atoms with Crippen LogP contribution in [0.1, 0.15) is 46.0 Å². The van der Waals surface area contributed by atoms with E-state index in [-0.39, 0.29) is 47.2 Å². The van der Waals surface area contributed by atoms with Gasteiger partial charge in [-0.1, -0.05) is 0 Å². The van der Waals surface area contributed by atoms with Crippen molar-refractivity contribution in [3.8, 4) is 22.5 Å². The Labute approximate surface area is 297 Å². The molecule has 1 fully saturated rings. The molecule has 0 atom stereocenters. The van der Waals surface area contributed by atoms with E-state index in [4.69, 9.17) is 5.11 Å². The average molecular weight is 761 g/mol. The normalized spacial score (nSPS) is 14.5. The number of piperazine rings is 1. The molecule has 0 radical (unpaired) electrons. The van der Waals surface area contributed by atoms with Gasteiger partial charge in [-0.05, 0) is 74.5 Å². The first-order valence-corrected chi connectivity index (χ1v) is 15.5. The lowest BCUT2D eigenvalue weighted by Crippen LogP contribution is -2.63. The topological polar surface area (TPSA) is 147 Å². The van der Waals surface area contributed by atoms with Gasteiger partial charge in [-0.2, -0.15) is 36.5 Å². The molecule has 0 unspecified atom stereocenters. The number of imidazole rings is 2. The maximum Gasteiger partial charge on any atom is 0.420 e. The predicted octanol–water partition coefficient (Wildman–Crippen LogP) is 6.16. The molecule has 0 spiro atoms. The smallest absolute Gasteiger partial charge is 0.420 e. The summed E-state index contributed by atoms with van der Waals surface area (Å²) >= 11 is 0. The highest BCUT2D eigenvalue weighted by Crippen LogP contribution is 2.36. The molecule has 0 aliphatic carbocycles. The third kappa shape index (κ3) is 7.26. The number of benzene rings is 2. The van der Waals surface area contributed by atoms with Crippen molar-refractivity contribution in [3.63, 3.8) is 0 Å². The summed E-state index contributed by atoms with van der Waals surface area (Å²) in [6.07, 6.45) is -7.53. The largest absolute Gasteiger partial charge is 0.476 e. The third-order valence-electron chi connectivity index (χ3n) is 8.28. The number of halogens is 8. The van der Waals surface area contributed by atoms with Crippen LogP contribution in [0, 0.1) is 11.6 Å². The lowest BCUT2D eigenvalue weighted by atomic mass is 9.98. The minimum atomic E-state index is -4.77. The number of alkyl halides is 6. The molecule has 1 aliphatic rings. The molecule has 1 saturated heterocycles. The second-order valence-electron chi connectivity index (χ2n) is 12.3. The zero-order chi connectivity index (χ0) is 39.3. The van der Waals surface area contributed by atoms with E-state index in [1.54, 1.807) is 13.8 Å². The van der Waals surface area contributed by atoms with Gasteiger partial charge in [-0.25, -0.2) is 32.6 Å². The fourth-order valence-corrected chi connectivity index (χ4v) is 5.49. The van der Waals surface area contributed by atoms with Crippen LogP contribution < -0.4 is 5.32 Å². The van der Waals surface area contributed by atoms with E-state index in [0.717, 1.165) is 57.8 Å². The number of carbonyl (C=O) groups is 3. The maximum absolute atomic E-state index is 13.7. The number of aromatic nitrogens is 6. The lowest BCUT2D eigenvalue weighted by Gasteiger charge is -2.40. The van der Waals surface area contributed by atoms with Gasteiger partial charge in [-0.15, -0.1) is 0 Å². The first kappa shape index (κ1) is 37.3. The van der Waals surface area contributed by atoms with Crippen molar-refractivity contribution in [1.29, 1.82) is 0 Å². The summed E-state index contributed by atoms with van der Waals surface area (Å²) in [6.45, 7) is 3.50. The molecule has 5 heterocycles. The van der Waals surface area contributed by atoms with Gasteiger partial charge in [0.1, 0.15) is 34.0 Å². The van der Waals surface area contributed by atoms with Gasteiger partial charge >= 0.3 is 18.3 Å². The summed E-state index contributed by atoms with van der Waals surface area (Å²) in [5, 5.41) is 19.6. The van der Waals surface area contributed by atoms with Crippen LogP contribution in [0.3, 0.4) is 0 Å². The number of hydrogen-bond donors (Lipinski definition) is 2. The van der Waals surface area contributed by atoms with Crippen LogP contribution in [0.15, 0.2) is 73.1 Å². The van der Waals surface area contributed by atoms with Gasteiger partial charge in [0, 0.05) is 24.2 Å². The summed E-state index contributed by atoms with van der Waals surface area (Å²) in [4.78, 5) is 44.6. The molecule has 4 aromatic heterocycles. The average Bonchev–Trinajstić information content (AvgIpc) is 3.73. The van der Waals surface area contributed by atoms with Gasteiger partial charge in [-0.3, -0.25) is 9.59 Å². The molecule has 7 rings (SSSR count). The van der Waals surface area contributed by atoms with Gasteiger partial charge in [0.05, 0.1) is 23.8 Å². The Morgan fingerprint density at radius 3 is 1.59 bits per heavy atom. The number of aromatic carboxylic acids is 1. The van der Waals surface area contributed by atoms with Crippen LogP contribution >= 0.6 is 0 Å². The Kier molecular flexibility index (Phi) is 9.32. The van der Waals surface area contributed by atoms with Crippen molar-refractivity contribution in [1.82, 2.24) is 39.4 Å². The highest BCUT2D eigenvalue weighted by Gasteiger charge is 2.42. The fraction of sp³-hybridized carbons (Fsp3) is 0.206. The second kappa shape index (κ2) is 13.5. The van der Waals surface area contributed by atoms with Crippen molar-refractivity contribution < 1.29 is 54.6 Å². The van der Waals surface area contributed by atoms with Gasteiger partial charge < -0.3 is 15.3 Å². The summed E-state index contributed by atoms with van der Waals surface area (Å²) < 4.78 is 109. The number of nitrogens with zero attached hydrogens (tertiary/aromatic N) is 7. The molecule has 2 aromatic carbocycles. The van der Waals surface area contributed by atoms with Crippen LogP contribution in [-0.2, 0) is 17.1 Å². The zero-order valence-electron chi connectivity index (χ0n) is 27.7. The Hall–Kier alpha value is -6.47. The Balaban J connectivity index is 0.000000193. The molecule has 280 valence electrons. The van der Waals surface area contributed by atoms with Crippen LogP contribution in [0.4, 0.5) is 35.1 Å². The van der Waals surface area contributed by atoms with E-state index in [1.165, 1.54) is 29.2 Å². The minimum Gasteiger partial charge on any atom is -0.476 e. The Bertz CT molecular complexity index is 2420. The quantitative estimate of drug-likeness (QED) is 0.203. The summed E-state index contributed by atoms with van der Waals surface area (Å²) in [5.74, 6) is -3.59. The number of nitrogens with one attached hydrogen (secondary N) is 1. The number of rotatable bonds is 4. The van der Waals surface area contributed by atoms with Crippen molar-refractivity contribution >= 4 is 29.1 Å². The molecule has 2 N–H and O–H groups in total. The molecule has 0 saturated carbocycles. The van der Waals surface area contributed by atoms with Crippen LogP contribution in [0.2, 0.25) is 0 Å². The molecular weight excluding hydrogens is 736 g/mol. The monoisotopic (exact) mass is 760 g/mol. The summed E-state index contributed by atoms with van der Waals surface area (Å²) in [5.41, 5.74) is -5.00. The number of carboxylic acid groups (broad SMARTS) is 1. The zero-order valence-corrected chi connectivity index (χ0v) is 27.7. The van der Waals surface area contributed by atoms with Crippen LogP contribution in [-0.4, -0.2) is 75.6 Å². The Morgan fingerprint density at radius 1 is 0.741 bits per heavy atom. The van der Waals surface area contributed by atoms with E-state index < -0.39 is 69.5 Å². The number of carbonyl (C=O) groups excluding carboxylic acids is 2. The van der Waals surface area contributed by atoms with Gasteiger partial charge in [0.25, 0.3) is 5.91 Å². The minimum absolute atomic E-state index is 0.0612. The van der Waals surface area contributed by atoms with Crippen LogP contribution in [0.25, 0.3) is 33.8 Å². The number of carboxylic acids is 1. The fourth-order valence-electron chi connectivity index (χ4n) is 5.49.